The first-order valence-corrected chi connectivity index (χ1v) is 7.70. The van der Waals surface area contributed by atoms with E-state index in [-0.39, 0.29) is 0 Å². The smallest absolute Gasteiger partial charge is 0.121 e. The molecular formula is C16H24N4. The van der Waals surface area contributed by atoms with E-state index in [9.17, 15) is 0 Å². The van der Waals surface area contributed by atoms with Gasteiger partial charge in [-0.25, -0.2) is 4.98 Å². The first kappa shape index (κ1) is 13.6. The predicted octanol–water partition coefficient (Wildman–Crippen LogP) is 2.26. The average Bonchev–Trinajstić information content (AvgIpc) is 2.89. The quantitative estimate of drug-likeness (QED) is 0.927. The molecule has 3 rings (SSSR count). The molecule has 1 fully saturated rings. The Bertz CT molecular complexity index is 567. The summed E-state index contributed by atoms with van der Waals surface area (Å²) in [6.07, 6.45) is 1.07. The third-order valence-corrected chi connectivity index (χ3v) is 4.29. The summed E-state index contributed by atoms with van der Waals surface area (Å²) in [4.78, 5) is 13.2. The molecule has 0 spiro atoms. The summed E-state index contributed by atoms with van der Waals surface area (Å²) in [5.41, 5.74) is 3.63. The number of aromatic nitrogens is 2. The maximum Gasteiger partial charge on any atom is 0.121 e. The van der Waals surface area contributed by atoms with Crippen LogP contribution in [0.15, 0.2) is 18.2 Å². The molecule has 1 aliphatic heterocycles. The van der Waals surface area contributed by atoms with E-state index in [1.54, 1.807) is 0 Å². The van der Waals surface area contributed by atoms with Crippen molar-refractivity contribution in [1.82, 2.24) is 19.8 Å². The normalized spacial score (nSPS) is 17.9. The van der Waals surface area contributed by atoms with Gasteiger partial charge < -0.3 is 9.88 Å². The first-order chi connectivity index (χ1) is 9.78. The van der Waals surface area contributed by atoms with Crippen molar-refractivity contribution in [1.29, 1.82) is 0 Å². The lowest BCUT2D eigenvalue weighted by molar-refractivity contribution is 0.130. The molecular weight excluding hydrogens is 248 g/mol. The number of rotatable bonds is 4. The maximum absolute atomic E-state index is 4.71. The van der Waals surface area contributed by atoms with Gasteiger partial charge in [-0.05, 0) is 30.7 Å². The number of benzene rings is 1. The number of hydrogen-bond acceptors (Lipinski definition) is 3. The van der Waals surface area contributed by atoms with E-state index in [0.29, 0.717) is 0 Å². The average molecular weight is 272 g/mol. The van der Waals surface area contributed by atoms with Crippen molar-refractivity contribution in [2.45, 2.75) is 26.8 Å². The van der Waals surface area contributed by atoms with Crippen LogP contribution in [-0.4, -0.2) is 52.5 Å². The number of fused-ring (bicyclic) bond motifs is 1. The molecule has 20 heavy (non-hydrogen) atoms. The number of H-pyrrole nitrogens is 1. The SMILES string of the molecule is CCc1ccc2nc(CN3CCN(CC)CC3)[nH]c2c1. The van der Waals surface area contributed by atoms with E-state index in [0.717, 1.165) is 43.9 Å². The minimum atomic E-state index is 0.938. The molecule has 1 aromatic carbocycles. The zero-order valence-corrected chi connectivity index (χ0v) is 12.5. The monoisotopic (exact) mass is 272 g/mol. The molecule has 108 valence electrons. The number of aryl methyl sites for hydroxylation is 1. The summed E-state index contributed by atoms with van der Waals surface area (Å²) in [5.74, 6) is 1.10. The second-order valence-electron chi connectivity index (χ2n) is 5.60. The molecule has 0 saturated carbocycles. The van der Waals surface area contributed by atoms with Crippen LogP contribution in [0, 0.1) is 0 Å². The van der Waals surface area contributed by atoms with Gasteiger partial charge in [-0.1, -0.05) is 19.9 Å². The van der Waals surface area contributed by atoms with E-state index in [2.05, 4.69) is 46.8 Å². The van der Waals surface area contributed by atoms with Crippen LogP contribution >= 0.6 is 0 Å². The first-order valence-electron chi connectivity index (χ1n) is 7.70. The van der Waals surface area contributed by atoms with Crippen LogP contribution in [0.25, 0.3) is 11.0 Å². The highest BCUT2D eigenvalue weighted by atomic mass is 15.3. The fourth-order valence-electron chi connectivity index (χ4n) is 2.88. The maximum atomic E-state index is 4.71. The van der Waals surface area contributed by atoms with Crippen molar-refractivity contribution in [3.05, 3.63) is 29.6 Å². The van der Waals surface area contributed by atoms with Gasteiger partial charge in [0.15, 0.2) is 0 Å². The third kappa shape index (κ3) is 2.86. The highest BCUT2D eigenvalue weighted by molar-refractivity contribution is 5.75. The highest BCUT2D eigenvalue weighted by Crippen LogP contribution is 2.15. The second kappa shape index (κ2) is 5.94. The number of nitrogens with zero attached hydrogens (tertiary/aromatic N) is 3. The van der Waals surface area contributed by atoms with Gasteiger partial charge in [-0.3, -0.25) is 4.90 Å². The van der Waals surface area contributed by atoms with Gasteiger partial charge in [0.05, 0.1) is 17.6 Å². The molecule has 4 heteroatoms. The Morgan fingerprint density at radius 3 is 2.55 bits per heavy atom. The van der Waals surface area contributed by atoms with Crippen LogP contribution in [0.1, 0.15) is 25.2 Å². The van der Waals surface area contributed by atoms with Gasteiger partial charge in [-0.2, -0.15) is 0 Å². The zero-order chi connectivity index (χ0) is 13.9. The Morgan fingerprint density at radius 1 is 1.10 bits per heavy atom. The van der Waals surface area contributed by atoms with Gasteiger partial charge >= 0.3 is 0 Å². The molecule has 1 saturated heterocycles. The molecule has 2 aromatic rings. The Labute approximate surface area is 120 Å². The van der Waals surface area contributed by atoms with Gasteiger partial charge in [-0.15, -0.1) is 0 Å². The second-order valence-corrected chi connectivity index (χ2v) is 5.60. The summed E-state index contributed by atoms with van der Waals surface area (Å²) < 4.78 is 0. The third-order valence-electron chi connectivity index (χ3n) is 4.29. The van der Waals surface area contributed by atoms with Gasteiger partial charge in [0, 0.05) is 26.2 Å². The summed E-state index contributed by atoms with van der Waals surface area (Å²) in [6.45, 7) is 11.2. The molecule has 1 aliphatic rings. The van der Waals surface area contributed by atoms with Gasteiger partial charge in [0.25, 0.3) is 0 Å². The number of aromatic amines is 1. The van der Waals surface area contributed by atoms with Crippen molar-refractivity contribution in [3.8, 4) is 0 Å². The number of hydrogen-bond donors (Lipinski definition) is 1. The Morgan fingerprint density at radius 2 is 1.85 bits per heavy atom. The van der Waals surface area contributed by atoms with E-state index >= 15 is 0 Å². The van der Waals surface area contributed by atoms with Crippen molar-refractivity contribution in [3.63, 3.8) is 0 Å². The van der Waals surface area contributed by atoms with Crippen LogP contribution in [0.3, 0.4) is 0 Å². The van der Waals surface area contributed by atoms with Gasteiger partial charge in [0.2, 0.25) is 0 Å². The predicted molar refractivity (Wildman–Crippen MR) is 82.9 cm³/mol. The number of nitrogens with one attached hydrogen (secondary N) is 1. The Kier molecular flexibility index (Phi) is 4.03. The van der Waals surface area contributed by atoms with E-state index in [1.807, 2.05) is 0 Å². The van der Waals surface area contributed by atoms with Gasteiger partial charge in [0.1, 0.15) is 5.82 Å². The molecule has 0 aliphatic carbocycles. The molecule has 0 unspecified atom stereocenters. The topological polar surface area (TPSA) is 35.2 Å². The Balaban J connectivity index is 1.68. The van der Waals surface area contributed by atoms with Crippen molar-refractivity contribution in [2.75, 3.05) is 32.7 Å². The molecule has 1 N–H and O–H groups in total. The lowest BCUT2D eigenvalue weighted by atomic mass is 10.1. The van der Waals surface area contributed by atoms with E-state index < -0.39 is 0 Å². The number of piperazine rings is 1. The summed E-state index contributed by atoms with van der Waals surface area (Å²) in [5, 5.41) is 0. The minimum absolute atomic E-state index is 0.938. The molecule has 0 atom stereocenters. The van der Waals surface area contributed by atoms with Crippen LogP contribution in [0.2, 0.25) is 0 Å². The molecule has 1 aromatic heterocycles. The highest BCUT2D eigenvalue weighted by Gasteiger charge is 2.16. The minimum Gasteiger partial charge on any atom is -0.341 e. The fourth-order valence-corrected chi connectivity index (χ4v) is 2.88. The van der Waals surface area contributed by atoms with Crippen LogP contribution in [-0.2, 0) is 13.0 Å². The molecule has 2 heterocycles. The van der Waals surface area contributed by atoms with Crippen LogP contribution in [0.5, 0.6) is 0 Å². The lowest BCUT2D eigenvalue weighted by Gasteiger charge is -2.33. The summed E-state index contributed by atoms with van der Waals surface area (Å²) >= 11 is 0. The standard InChI is InChI=1S/C16H24N4/c1-3-13-5-6-14-15(11-13)18-16(17-14)12-20-9-7-19(4-2)8-10-20/h5-6,11H,3-4,7-10,12H2,1-2H3,(H,17,18). The lowest BCUT2D eigenvalue weighted by Crippen LogP contribution is -2.45. The molecule has 0 radical (unpaired) electrons. The summed E-state index contributed by atoms with van der Waals surface area (Å²) in [6, 6.07) is 6.52. The largest absolute Gasteiger partial charge is 0.341 e. The van der Waals surface area contributed by atoms with Crippen molar-refractivity contribution in [2.24, 2.45) is 0 Å². The van der Waals surface area contributed by atoms with E-state index in [4.69, 9.17) is 4.98 Å². The molecule has 0 amide bonds. The summed E-state index contributed by atoms with van der Waals surface area (Å²) in [7, 11) is 0. The molecule has 4 nitrogen and oxygen atoms in total. The zero-order valence-electron chi connectivity index (χ0n) is 12.5. The van der Waals surface area contributed by atoms with Crippen molar-refractivity contribution >= 4 is 11.0 Å². The van der Waals surface area contributed by atoms with Crippen LogP contribution < -0.4 is 0 Å². The van der Waals surface area contributed by atoms with Crippen LogP contribution in [0.4, 0.5) is 0 Å². The van der Waals surface area contributed by atoms with E-state index in [1.165, 1.54) is 24.2 Å². The number of imidazole rings is 1. The molecule has 0 bridgehead atoms. The van der Waals surface area contributed by atoms with Crippen molar-refractivity contribution < 1.29 is 0 Å². The number of likely N-dealkylation sites (N-methyl/N-ethyl adjacent to an activating group) is 1. The fraction of sp³-hybridized carbons (Fsp3) is 0.562. The Hall–Kier alpha value is -1.39.